The summed E-state index contributed by atoms with van der Waals surface area (Å²) in [5.74, 6) is 0.124. The quantitative estimate of drug-likeness (QED) is 0.624. The molecule has 2 N–H and O–H groups in total. The second kappa shape index (κ2) is 3.06. The molecule has 3 nitrogen and oxygen atoms in total. The van der Waals surface area contributed by atoms with E-state index in [2.05, 4.69) is 0 Å². The fourth-order valence-electron chi connectivity index (χ4n) is 1.77. The monoisotopic (exact) mass is 234 g/mol. The highest BCUT2D eigenvalue weighted by molar-refractivity contribution is 6.33. The molecule has 0 saturated heterocycles. The van der Waals surface area contributed by atoms with Crippen molar-refractivity contribution < 1.29 is 14.6 Å². The van der Waals surface area contributed by atoms with E-state index in [0.717, 1.165) is 10.8 Å². The van der Waals surface area contributed by atoms with Crippen LogP contribution in [0, 0.1) is 0 Å². The van der Waals surface area contributed by atoms with Crippen molar-refractivity contribution in [2.24, 2.45) is 0 Å². The number of furan rings is 1. The van der Waals surface area contributed by atoms with Crippen molar-refractivity contribution in [2.75, 3.05) is 0 Å². The first-order valence-corrected chi connectivity index (χ1v) is 5.07. The van der Waals surface area contributed by atoms with Gasteiger partial charge in [0.1, 0.15) is 22.7 Å². The summed E-state index contributed by atoms with van der Waals surface area (Å²) >= 11 is 5.84. The van der Waals surface area contributed by atoms with Crippen molar-refractivity contribution in [1.29, 1.82) is 0 Å². The van der Waals surface area contributed by atoms with Crippen molar-refractivity contribution >= 4 is 33.5 Å². The van der Waals surface area contributed by atoms with Gasteiger partial charge in [-0.1, -0.05) is 11.6 Å². The van der Waals surface area contributed by atoms with Gasteiger partial charge in [0.2, 0.25) is 0 Å². The molecule has 0 aliphatic heterocycles. The zero-order valence-corrected chi connectivity index (χ0v) is 8.82. The molecule has 80 valence electrons. The highest BCUT2D eigenvalue weighted by atomic mass is 35.5. The van der Waals surface area contributed by atoms with Crippen molar-refractivity contribution in [3.63, 3.8) is 0 Å². The number of phenolic OH excluding ortho intramolecular Hbond substituents is 2. The fraction of sp³-hybridized carbons (Fsp3) is 0. The van der Waals surface area contributed by atoms with E-state index in [1.165, 1.54) is 12.1 Å². The van der Waals surface area contributed by atoms with Gasteiger partial charge in [-0.25, -0.2) is 0 Å². The molecule has 16 heavy (non-hydrogen) atoms. The van der Waals surface area contributed by atoms with Gasteiger partial charge >= 0.3 is 0 Å². The van der Waals surface area contributed by atoms with Crippen LogP contribution in [0.4, 0.5) is 0 Å². The average molecular weight is 235 g/mol. The first-order chi connectivity index (χ1) is 7.65. The van der Waals surface area contributed by atoms with Gasteiger partial charge in [0.25, 0.3) is 0 Å². The highest BCUT2D eigenvalue weighted by Gasteiger charge is 2.10. The summed E-state index contributed by atoms with van der Waals surface area (Å²) in [6.45, 7) is 0. The molecule has 1 heterocycles. The number of rotatable bonds is 0. The maximum Gasteiger partial charge on any atom is 0.139 e. The molecule has 1 aromatic heterocycles. The Morgan fingerprint density at radius 1 is 0.938 bits per heavy atom. The van der Waals surface area contributed by atoms with Crippen molar-refractivity contribution in [2.45, 2.75) is 0 Å². The molecule has 0 amide bonds. The number of hydrogen-bond acceptors (Lipinski definition) is 3. The summed E-state index contributed by atoms with van der Waals surface area (Å²) in [6.07, 6.45) is 0. The minimum absolute atomic E-state index is 0.0163. The van der Waals surface area contributed by atoms with Gasteiger partial charge in [0, 0.05) is 22.9 Å². The zero-order valence-electron chi connectivity index (χ0n) is 8.07. The van der Waals surface area contributed by atoms with Crippen LogP contribution in [-0.2, 0) is 0 Å². The van der Waals surface area contributed by atoms with Crippen LogP contribution in [0.3, 0.4) is 0 Å². The Labute approximate surface area is 95.5 Å². The van der Waals surface area contributed by atoms with Crippen molar-refractivity contribution in [1.82, 2.24) is 0 Å². The van der Waals surface area contributed by atoms with Crippen molar-refractivity contribution in [3.8, 4) is 11.5 Å². The molecular formula is C12H7ClO3. The minimum Gasteiger partial charge on any atom is -0.508 e. The topological polar surface area (TPSA) is 53.6 Å². The van der Waals surface area contributed by atoms with Gasteiger partial charge in [-0.3, -0.25) is 0 Å². The summed E-state index contributed by atoms with van der Waals surface area (Å²) in [6, 6.07) is 7.98. The normalized spacial score (nSPS) is 11.3. The molecule has 0 bridgehead atoms. The lowest BCUT2D eigenvalue weighted by Gasteiger charge is -1.95. The van der Waals surface area contributed by atoms with Crippen LogP contribution in [0.1, 0.15) is 0 Å². The predicted molar refractivity (Wildman–Crippen MR) is 62.1 cm³/mol. The van der Waals surface area contributed by atoms with Crippen LogP contribution in [0.15, 0.2) is 34.7 Å². The first-order valence-electron chi connectivity index (χ1n) is 4.69. The number of benzene rings is 2. The Kier molecular flexibility index (Phi) is 1.79. The van der Waals surface area contributed by atoms with E-state index in [4.69, 9.17) is 16.0 Å². The summed E-state index contributed by atoms with van der Waals surface area (Å²) in [4.78, 5) is 0. The molecule has 0 unspecified atom stereocenters. The minimum atomic E-state index is -0.0163. The van der Waals surface area contributed by atoms with E-state index >= 15 is 0 Å². The predicted octanol–water partition coefficient (Wildman–Crippen LogP) is 3.65. The Bertz CT molecular complexity index is 700. The number of phenols is 2. The molecule has 2 aromatic carbocycles. The Balaban J connectivity index is 2.51. The van der Waals surface area contributed by atoms with Gasteiger partial charge in [-0.2, -0.15) is 0 Å². The van der Waals surface area contributed by atoms with E-state index in [1.54, 1.807) is 18.2 Å². The van der Waals surface area contributed by atoms with E-state index in [-0.39, 0.29) is 16.5 Å². The molecule has 0 fully saturated rings. The molecule has 0 saturated carbocycles. The van der Waals surface area contributed by atoms with Crippen molar-refractivity contribution in [3.05, 3.63) is 35.4 Å². The summed E-state index contributed by atoms with van der Waals surface area (Å²) in [7, 11) is 0. The lowest BCUT2D eigenvalue weighted by molar-refractivity contribution is 0.474. The van der Waals surface area contributed by atoms with Gasteiger partial charge < -0.3 is 14.6 Å². The Morgan fingerprint density at radius 3 is 2.50 bits per heavy atom. The van der Waals surface area contributed by atoms with Gasteiger partial charge in [0.05, 0.1) is 5.02 Å². The zero-order chi connectivity index (χ0) is 11.3. The smallest absolute Gasteiger partial charge is 0.139 e. The molecule has 4 heteroatoms. The molecule has 3 aromatic rings. The number of hydrogen-bond donors (Lipinski definition) is 2. The molecule has 3 rings (SSSR count). The lowest BCUT2D eigenvalue weighted by Crippen LogP contribution is -1.69. The lowest BCUT2D eigenvalue weighted by atomic mass is 10.1. The maximum atomic E-state index is 9.46. The number of aromatic hydroxyl groups is 2. The second-order valence-corrected chi connectivity index (χ2v) is 3.99. The van der Waals surface area contributed by atoms with E-state index in [0.29, 0.717) is 11.2 Å². The molecule has 0 aliphatic rings. The van der Waals surface area contributed by atoms with Gasteiger partial charge in [0.15, 0.2) is 0 Å². The van der Waals surface area contributed by atoms with Crippen LogP contribution < -0.4 is 0 Å². The SMILES string of the molecule is Oc1ccc2c(c1)oc1cc(O)c(Cl)cc12. The molecule has 0 spiro atoms. The number of halogens is 1. The fourth-order valence-corrected chi connectivity index (χ4v) is 1.94. The molecular weight excluding hydrogens is 228 g/mol. The van der Waals surface area contributed by atoms with Crippen LogP contribution >= 0.6 is 11.6 Å². The Morgan fingerprint density at radius 2 is 1.69 bits per heavy atom. The van der Waals surface area contributed by atoms with Gasteiger partial charge in [-0.15, -0.1) is 0 Å². The third kappa shape index (κ3) is 1.22. The molecule has 0 atom stereocenters. The first kappa shape index (κ1) is 9.36. The van der Waals surface area contributed by atoms with E-state index in [9.17, 15) is 10.2 Å². The largest absolute Gasteiger partial charge is 0.508 e. The average Bonchev–Trinajstić information content (AvgIpc) is 2.55. The summed E-state index contributed by atoms with van der Waals surface area (Å²) in [5.41, 5.74) is 1.11. The summed E-state index contributed by atoms with van der Waals surface area (Å²) in [5, 5.41) is 20.7. The highest BCUT2D eigenvalue weighted by Crippen LogP contribution is 2.36. The van der Waals surface area contributed by atoms with Crippen LogP contribution in [-0.4, -0.2) is 10.2 Å². The third-order valence-corrected chi connectivity index (χ3v) is 2.83. The standard InChI is InChI=1S/C12H7ClO3/c13-9-4-8-7-2-1-6(14)3-11(7)16-12(8)5-10(9)15/h1-5,14-15H. The van der Waals surface area contributed by atoms with Gasteiger partial charge in [-0.05, 0) is 18.2 Å². The summed E-state index contributed by atoms with van der Waals surface area (Å²) < 4.78 is 5.49. The van der Waals surface area contributed by atoms with Crippen LogP contribution in [0.25, 0.3) is 21.9 Å². The van der Waals surface area contributed by atoms with Crippen LogP contribution in [0.5, 0.6) is 11.5 Å². The van der Waals surface area contributed by atoms with E-state index < -0.39 is 0 Å². The molecule has 0 aliphatic carbocycles. The molecule has 0 radical (unpaired) electrons. The van der Waals surface area contributed by atoms with Crippen LogP contribution in [0.2, 0.25) is 5.02 Å². The maximum absolute atomic E-state index is 9.46. The third-order valence-electron chi connectivity index (χ3n) is 2.52. The van der Waals surface area contributed by atoms with E-state index in [1.807, 2.05) is 0 Å². The second-order valence-electron chi connectivity index (χ2n) is 3.58. The Hall–Kier alpha value is -1.87. The number of fused-ring (bicyclic) bond motifs is 3.